The van der Waals surface area contributed by atoms with Gasteiger partial charge in [-0.3, -0.25) is 4.79 Å². The second-order valence-corrected chi connectivity index (χ2v) is 2.01. The number of esters is 1. The van der Waals surface area contributed by atoms with E-state index in [1.165, 1.54) is 6.92 Å². The minimum Gasteiger partial charge on any atom is -0.460 e. The van der Waals surface area contributed by atoms with Gasteiger partial charge in [-0.15, -0.1) is 0 Å². The van der Waals surface area contributed by atoms with E-state index < -0.39 is 17.7 Å². The van der Waals surface area contributed by atoms with E-state index in [9.17, 15) is 14.4 Å². The first-order valence-corrected chi connectivity index (χ1v) is 3.29. The number of ketones is 1. The maximum Gasteiger partial charge on any atom is 0.375 e. The predicted molar refractivity (Wildman–Crippen MR) is 36.9 cm³/mol. The quantitative estimate of drug-likeness (QED) is 0.249. The van der Waals surface area contributed by atoms with Gasteiger partial charge in [0.15, 0.2) is 0 Å². The van der Waals surface area contributed by atoms with Gasteiger partial charge in [0.2, 0.25) is 5.78 Å². The molecule has 0 aliphatic carbocycles. The van der Waals surface area contributed by atoms with Gasteiger partial charge in [-0.2, -0.15) is 0 Å². The van der Waals surface area contributed by atoms with Gasteiger partial charge < -0.3 is 9.53 Å². The Morgan fingerprint density at radius 3 is 2.45 bits per heavy atom. The number of hydrogen-bond acceptors (Lipinski definition) is 4. The van der Waals surface area contributed by atoms with Crippen LogP contribution < -0.4 is 0 Å². The van der Waals surface area contributed by atoms with Crippen LogP contribution in [0.3, 0.4) is 0 Å². The maximum absolute atomic E-state index is 10.8. The summed E-state index contributed by atoms with van der Waals surface area (Å²) in [6, 6.07) is 0. The summed E-state index contributed by atoms with van der Waals surface area (Å²) in [7, 11) is 0. The van der Waals surface area contributed by atoms with Crippen molar-refractivity contribution in [2.45, 2.75) is 13.8 Å². The number of aldehydes is 1. The van der Waals surface area contributed by atoms with Gasteiger partial charge in [-0.1, -0.05) is 0 Å². The first kappa shape index (κ1) is 9.81. The number of carbonyl (C=O) groups excluding carboxylic acids is 3. The molecule has 0 aliphatic heterocycles. The molecule has 0 fully saturated rings. The first-order chi connectivity index (χ1) is 5.13. The lowest BCUT2D eigenvalue weighted by Crippen LogP contribution is -2.24. The molecule has 1 unspecified atom stereocenters. The normalized spacial score (nSPS) is 11.8. The van der Waals surface area contributed by atoms with Gasteiger partial charge >= 0.3 is 5.97 Å². The molecular weight excluding hydrogens is 148 g/mol. The van der Waals surface area contributed by atoms with Crippen molar-refractivity contribution >= 4 is 18.0 Å². The average Bonchev–Trinajstić information content (AvgIpc) is 2.02. The molecule has 0 radical (unpaired) electrons. The minimum absolute atomic E-state index is 0.149. The molecule has 0 aliphatic rings. The number of Topliss-reactive ketones (excluding diaryl/α,β-unsaturated/α-hetero) is 1. The van der Waals surface area contributed by atoms with E-state index in [0.29, 0.717) is 6.29 Å². The molecule has 0 aromatic rings. The lowest BCUT2D eigenvalue weighted by Gasteiger charge is -2.00. The second kappa shape index (κ2) is 4.60. The van der Waals surface area contributed by atoms with E-state index >= 15 is 0 Å². The summed E-state index contributed by atoms with van der Waals surface area (Å²) in [5.41, 5.74) is 0. The van der Waals surface area contributed by atoms with Crippen molar-refractivity contribution in [1.29, 1.82) is 0 Å². The first-order valence-electron chi connectivity index (χ1n) is 3.29. The molecule has 0 aromatic heterocycles. The third kappa shape index (κ3) is 2.93. The summed E-state index contributed by atoms with van der Waals surface area (Å²) < 4.78 is 4.38. The van der Waals surface area contributed by atoms with Gasteiger partial charge in [-0.25, -0.2) is 4.79 Å². The SMILES string of the molecule is CCOC(=O)C(=O)C(C)C=O. The molecule has 4 nitrogen and oxygen atoms in total. The molecule has 11 heavy (non-hydrogen) atoms. The van der Waals surface area contributed by atoms with E-state index in [0.717, 1.165) is 0 Å². The molecule has 0 aromatic carbocycles. The Balaban J connectivity index is 4.02. The summed E-state index contributed by atoms with van der Waals surface area (Å²) in [5, 5.41) is 0. The van der Waals surface area contributed by atoms with Crippen LogP contribution in [-0.4, -0.2) is 24.6 Å². The number of hydrogen-bond donors (Lipinski definition) is 0. The molecule has 0 heterocycles. The molecule has 0 saturated heterocycles. The third-order valence-corrected chi connectivity index (χ3v) is 1.09. The van der Waals surface area contributed by atoms with Crippen molar-refractivity contribution in [1.82, 2.24) is 0 Å². The lowest BCUT2D eigenvalue weighted by molar-refractivity contribution is -0.155. The summed E-state index contributed by atoms with van der Waals surface area (Å²) in [6.45, 7) is 3.10. The fraction of sp³-hybridized carbons (Fsp3) is 0.571. The van der Waals surface area contributed by atoms with Gasteiger partial charge in [0.1, 0.15) is 6.29 Å². The average molecular weight is 158 g/mol. The molecular formula is C7H10O4. The largest absolute Gasteiger partial charge is 0.460 e. The van der Waals surface area contributed by atoms with E-state index in [2.05, 4.69) is 4.74 Å². The Bertz CT molecular complexity index is 173. The van der Waals surface area contributed by atoms with Crippen LogP contribution in [0.5, 0.6) is 0 Å². The minimum atomic E-state index is -0.938. The standard InChI is InChI=1S/C7H10O4/c1-3-11-7(10)6(9)5(2)4-8/h4-5H,3H2,1-2H3. The predicted octanol–water partition coefficient (Wildman–Crippen LogP) is -0.0464. The molecule has 0 N–H and O–H groups in total. The highest BCUT2D eigenvalue weighted by atomic mass is 16.5. The van der Waals surface area contributed by atoms with E-state index in [1.54, 1.807) is 6.92 Å². The summed E-state index contributed by atoms with van der Waals surface area (Å²) in [6.07, 6.45) is 0.416. The number of carbonyl (C=O) groups is 3. The Hall–Kier alpha value is -1.19. The molecule has 0 amide bonds. The Morgan fingerprint density at radius 1 is 1.55 bits per heavy atom. The van der Waals surface area contributed by atoms with Crippen LogP contribution in [0, 0.1) is 5.92 Å². The van der Waals surface area contributed by atoms with Gasteiger partial charge in [0.25, 0.3) is 0 Å². The van der Waals surface area contributed by atoms with E-state index in [-0.39, 0.29) is 6.61 Å². The molecule has 0 bridgehead atoms. The summed E-state index contributed by atoms with van der Waals surface area (Å²) in [5.74, 6) is -2.62. The van der Waals surface area contributed by atoms with Crippen LogP contribution in [0.15, 0.2) is 0 Å². The molecule has 62 valence electrons. The zero-order chi connectivity index (χ0) is 8.85. The van der Waals surface area contributed by atoms with E-state index in [1.807, 2.05) is 0 Å². The highest BCUT2D eigenvalue weighted by molar-refractivity contribution is 6.36. The highest BCUT2D eigenvalue weighted by Gasteiger charge is 2.21. The van der Waals surface area contributed by atoms with E-state index in [4.69, 9.17) is 0 Å². The monoisotopic (exact) mass is 158 g/mol. The van der Waals surface area contributed by atoms with Crippen LogP contribution in [0.4, 0.5) is 0 Å². The van der Waals surface area contributed by atoms with Crippen LogP contribution >= 0.6 is 0 Å². The zero-order valence-electron chi connectivity index (χ0n) is 6.49. The van der Waals surface area contributed by atoms with Gasteiger partial charge in [0.05, 0.1) is 12.5 Å². The smallest absolute Gasteiger partial charge is 0.375 e. The molecule has 0 spiro atoms. The number of rotatable bonds is 4. The summed E-state index contributed by atoms with van der Waals surface area (Å²) >= 11 is 0. The van der Waals surface area contributed by atoms with Crippen LogP contribution in [-0.2, 0) is 19.1 Å². The highest BCUT2D eigenvalue weighted by Crippen LogP contribution is 1.94. The lowest BCUT2D eigenvalue weighted by atomic mass is 10.1. The van der Waals surface area contributed by atoms with Crippen LogP contribution in [0.25, 0.3) is 0 Å². The van der Waals surface area contributed by atoms with Gasteiger partial charge in [-0.05, 0) is 13.8 Å². The van der Waals surface area contributed by atoms with Crippen molar-refractivity contribution < 1.29 is 19.1 Å². The molecule has 0 saturated carbocycles. The van der Waals surface area contributed by atoms with Crippen LogP contribution in [0.1, 0.15) is 13.8 Å². The Morgan fingerprint density at radius 2 is 2.09 bits per heavy atom. The number of ether oxygens (including phenoxy) is 1. The topological polar surface area (TPSA) is 60.4 Å². The summed E-state index contributed by atoms with van der Waals surface area (Å²) in [4.78, 5) is 31.4. The van der Waals surface area contributed by atoms with Crippen molar-refractivity contribution in [3.8, 4) is 0 Å². The molecule has 0 rings (SSSR count). The van der Waals surface area contributed by atoms with Crippen molar-refractivity contribution in [2.75, 3.05) is 6.61 Å². The van der Waals surface area contributed by atoms with Crippen molar-refractivity contribution in [2.24, 2.45) is 5.92 Å². The zero-order valence-corrected chi connectivity index (χ0v) is 6.49. The Labute approximate surface area is 64.5 Å². The molecule has 1 atom stereocenters. The fourth-order valence-electron chi connectivity index (χ4n) is 0.450. The maximum atomic E-state index is 10.8. The molecule has 4 heteroatoms. The van der Waals surface area contributed by atoms with Crippen LogP contribution in [0.2, 0.25) is 0 Å². The second-order valence-electron chi connectivity index (χ2n) is 2.01. The third-order valence-electron chi connectivity index (χ3n) is 1.09. The van der Waals surface area contributed by atoms with Crippen molar-refractivity contribution in [3.05, 3.63) is 0 Å². The Kier molecular flexibility index (Phi) is 4.10. The fourth-order valence-corrected chi connectivity index (χ4v) is 0.450. The van der Waals surface area contributed by atoms with Crippen molar-refractivity contribution in [3.63, 3.8) is 0 Å². The van der Waals surface area contributed by atoms with Gasteiger partial charge in [0, 0.05) is 0 Å².